The Morgan fingerprint density at radius 2 is 1.68 bits per heavy atom. The van der Waals surface area contributed by atoms with E-state index in [-0.39, 0.29) is 24.2 Å². The van der Waals surface area contributed by atoms with Crippen LogP contribution in [0.3, 0.4) is 0 Å². The first-order valence-electron chi connectivity index (χ1n) is 10.7. The summed E-state index contributed by atoms with van der Waals surface area (Å²) in [6, 6.07) is 13.5. The first kappa shape index (κ1) is 21.1. The number of hydrogen-bond acceptors (Lipinski definition) is 4. The first-order chi connectivity index (χ1) is 15.0. The minimum absolute atomic E-state index is 0.246. The van der Waals surface area contributed by atoms with Crippen molar-refractivity contribution < 1.29 is 18.7 Å². The number of carbonyl (C=O) groups is 2. The van der Waals surface area contributed by atoms with Gasteiger partial charge in [-0.25, -0.2) is 4.39 Å². The van der Waals surface area contributed by atoms with Gasteiger partial charge in [0.1, 0.15) is 17.3 Å². The lowest BCUT2D eigenvalue weighted by atomic mass is 9.97. The number of benzene rings is 2. The van der Waals surface area contributed by atoms with Gasteiger partial charge in [0.05, 0.1) is 12.7 Å². The summed E-state index contributed by atoms with van der Waals surface area (Å²) in [7, 11) is 1.56. The van der Waals surface area contributed by atoms with E-state index >= 15 is 0 Å². The Bertz CT molecular complexity index is 1010. The molecule has 0 bridgehead atoms. The van der Waals surface area contributed by atoms with Crippen molar-refractivity contribution in [2.45, 2.75) is 26.2 Å². The molecule has 0 atom stereocenters. The number of likely N-dealkylation sites (tertiary alicyclic amines) is 1. The summed E-state index contributed by atoms with van der Waals surface area (Å²) in [6.45, 7) is 3.96. The summed E-state index contributed by atoms with van der Waals surface area (Å²) < 4.78 is 18.7. The van der Waals surface area contributed by atoms with Gasteiger partial charge in [-0.3, -0.25) is 14.5 Å². The van der Waals surface area contributed by atoms with Crippen molar-refractivity contribution in [2.24, 2.45) is 5.92 Å². The highest BCUT2D eigenvalue weighted by Crippen LogP contribution is 2.37. The number of hydrogen-bond donors (Lipinski definition) is 0. The van der Waals surface area contributed by atoms with Crippen LogP contribution in [0.2, 0.25) is 0 Å². The maximum atomic E-state index is 13.5. The fraction of sp³-hybridized carbons (Fsp3) is 0.360. The molecule has 6 heteroatoms. The number of ether oxygens (including phenoxy) is 1. The summed E-state index contributed by atoms with van der Waals surface area (Å²) in [6.07, 6.45) is 2.45. The number of rotatable bonds is 6. The van der Waals surface area contributed by atoms with E-state index in [1.165, 1.54) is 17.0 Å². The number of carbonyl (C=O) groups excluding carboxylic acids is 2. The Hall–Kier alpha value is -3.15. The Morgan fingerprint density at radius 3 is 2.35 bits per heavy atom. The molecular weight excluding hydrogens is 395 g/mol. The molecule has 0 unspecified atom stereocenters. The number of nitrogens with zero attached hydrogens (tertiary/aromatic N) is 2. The van der Waals surface area contributed by atoms with E-state index in [0.29, 0.717) is 34.9 Å². The van der Waals surface area contributed by atoms with Crippen molar-refractivity contribution in [1.29, 1.82) is 0 Å². The third-order valence-electron chi connectivity index (χ3n) is 6.16. The van der Waals surface area contributed by atoms with E-state index in [1.807, 2.05) is 18.2 Å². The Labute approximate surface area is 182 Å². The van der Waals surface area contributed by atoms with Crippen molar-refractivity contribution >= 4 is 17.4 Å². The van der Waals surface area contributed by atoms with Gasteiger partial charge in [-0.1, -0.05) is 37.3 Å². The van der Waals surface area contributed by atoms with Crippen LogP contribution in [0, 0.1) is 11.7 Å². The third-order valence-corrected chi connectivity index (χ3v) is 6.16. The zero-order chi connectivity index (χ0) is 22.0. The predicted octanol–water partition coefficient (Wildman–Crippen LogP) is 3.89. The lowest BCUT2D eigenvalue weighted by molar-refractivity contribution is -0.137. The number of piperidine rings is 1. The minimum atomic E-state index is -0.307. The monoisotopic (exact) mass is 422 g/mol. The lowest BCUT2D eigenvalue weighted by Crippen LogP contribution is -2.39. The van der Waals surface area contributed by atoms with E-state index in [4.69, 9.17) is 4.74 Å². The van der Waals surface area contributed by atoms with E-state index in [0.717, 1.165) is 31.5 Å². The molecule has 2 aliphatic heterocycles. The van der Waals surface area contributed by atoms with Gasteiger partial charge in [0.15, 0.2) is 0 Å². The first-order valence-corrected chi connectivity index (χ1v) is 10.7. The number of amides is 2. The third kappa shape index (κ3) is 4.20. The lowest BCUT2D eigenvalue weighted by Gasteiger charge is -2.32. The van der Waals surface area contributed by atoms with Crippen LogP contribution < -0.4 is 4.74 Å². The standard InChI is InChI=1S/C25H27FN2O3/c1-17-11-14-27(15-12-17)23-22(20-5-3-4-6-21(20)31-2)24(29)28(25(23)30)16-13-18-7-9-19(26)10-8-18/h3-10,17H,11-16H2,1-2H3. The van der Waals surface area contributed by atoms with Crippen molar-refractivity contribution in [3.8, 4) is 5.75 Å². The Morgan fingerprint density at radius 1 is 1.00 bits per heavy atom. The van der Waals surface area contributed by atoms with Crippen molar-refractivity contribution in [1.82, 2.24) is 9.80 Å². The fourth-order valence-corrected chi connectivity index (χ4v) is 4.28. The van der Waals surface area contributed by atoms with Crippen LogP contribution in [0.25, 0.3) is 5.57 Å². The molecule has 2 aromatic carbocycles. The van der Waals surface area contributed by atoms with E-state index in [2.05, 4.69) is 11.8 Å². The average molecular weight is 423 g/mol. The van der Waals surface area contributed by atoms with Crippen molar-refractivity contribution in [2.75, 3.05) is 26.7 Å². The Balaban J connectivity index is 1.67. The highest BCUT2D eigenvalue weighted by Gasteiger charge is 2.42. The van der Waals surface area contributed by atoms with Crippen molar-refractivity contribution in [3.05, 3.63) is 71.2 Å². The minimum Gasteiger partial charge on any atom is -0.496 e. The number of imide groups is 1. The van der Waals surface area contributed by atoms with Gasteiger partial charge in [0.25, 0.3) is 11.8 Å². The quantitative estimate of drug-likeness (QED) is 0.663. The van der Waals surface area contributed by atoms with E-state index in [9.17, 15) is 14.0 Å². The fourth-order valence-electron chi connectivity index (χ4n) is 4.28. The molecule has 2 amide bonds. The second-order valence-electron chi connectivity index (χ2n) is 8.23. The molecule has 2 aromatic rings. The Kier molecular flexibility index (Phi) is 6.07. The zero-order valence-electron chi connectivity index (χ0n) is 17.9. The molecule has 1 saturated heterocycles. The summed E-state index contributed by atoms with van der Waals surface area (Å²) in [5.41, 5.74) is 2.40. The van der Waals surface area contributed by atoms with Gasteiger partial charge in [0, 0.05) is 25.2 Å². The molecule has 0 aliphatic carbocycles. The van der Waals surface area contributed by atoms with Gasteiger partial charge < -0.3 is 9.64 Å². The molecule has 2 aliphatic rings. The van der Waals surface area contributed by atoms with Gasteiger partial charge in [-0.15, -0.1) is 0 Å². The van der Waals surface area contributed by atoms with Gasteiger partial charge in [-0.05, 0) is 48.9 Å². The molecule has 0 spiro atoms. The summed E-state index contributed by atoms with van der Waals surface area (Å²) >= 11 is 0. The van der Waals surface area contributed by atoms with Crippen molar-refractivity contribution in [3.63, 3.8) is 0 Å². The van der Waals surface area contributed by atoms with Gasteiger partial charge in [-0.2, -0.15) is 0 Å². The van der Waals surface area contributed by atoms with Crippen LogP contribution >= 0.6 is 0 Å². The largest absolute Gasteiger partial charge is 0.496 e. The molecule has 31 heavy (non-hydrogen) atoms. The molecule has 0 radical (unpaired) electrons. The second kappa shape index (κ2) is 8.92. The highest BCUT2D eigenvalue weighted by atomic mass is 19.1. The second-order valence-corrected chi connectivity index (χ2v) is 8.23. The number of halogens is 1. The smallest absolute Gasteiger partial charge is 0.277 e. The zero-order valence-corrected chi connectivity index (χ0v) is 17.9. The van der Waals surface area contributed by atoms with Gasteiger partial charge >= 0.3 is 0 Å². The molecule has 2 heterocycles. The predicted molar refractivity (Wildman–Crippen MR) is 117 cm³/mol. The highest BCUT2D eigenvalue weighted by molar-refractivity contribution is 6.36. The average Bonchev–Trinajstić information content (AvgIpc) is 3.03. The molecule has 0 saturated carbocycles. The topological polar surface area (TPSA) is 49.9 Å². The molecule has 1 fully saturated rings. The molecular formula is C25H27FN2O3. The number of para-hydroxylation sites is 1. The summed E-state index contributed by atoms with van der Waals surface area (Å²) in [5, 5.41) is 0. The van der Waals surface area contributed by atoms with Crippen LogP contribution in [-0.2, 0) is 16.0 Å². The molecule has 0 N–H and O–H groups in total. The van der Waals surface area contributed by atoms with Crippen LogP contribution in [0.15, 0.2) is 54.2 Å². The maximum Gasteiger partial charge on any atom is 0.277 e. The van der Waals surface area contributed by atoms with E-state index < -0.39 is 0 Å². The number of methoxy groups -OCH3 is 1. The molecule has 162 valence electrons. The molecule has 0 aromatic heterocycles. The maximum absolute atomic E-state index is 13.5. The molecule has 5 nitrogen and oxygen atoms in total. The van der Waals surface area contributed by atoms with Crippen LogP contribution in [-0.4, -0.2) is 48.4 Å². The van der Waals surface area contributed by atoms with E-state index in [1.54, 1.807) is 25.3 Å². The summed E-state index contributed by atoms with van der Waals surface area (Å²) in [5.74, 6) is 0.307. The normalized spacial score (nSPS) is 17.6. The SMILES string of the molecule is COc1ccccc1C1=C(N2CCC(C)CC2)C(=O)N(CCc2ccc(F)cc2)C1=O. The van der Waals surface area contributed by atoms with Crippen LogP contribution in [0.5, 0.6) is 5.75 Å². The molecule has 4 rings (SSSR count). The summed E-state index contributed by atoms with van der Waals surface area (Å²) in [4.78, 5) is 30.3. The van der Waals surface area contributed by atoms with Crippen LogP contribution in [0.1, 0.15) is 30.9 Å². The van der Waals surface area contributed by atoms with Crippen LogP contribution in [0.4, 0.5) is 4.39 Å². The van der Waals surface area contributed by atoms with Gasteiger partial charge in [0.2, 0.25) is 0 Å².